The molecule has 1 heterocycles. The maximum atomic E-state index is 8.35. The Morgan fingerprint density at radius 3 is 2.56 bits per heavy atom. The third kappa shape index (κ3) is 3.98. The predicted molar refractivity (Wildman–Crippen MR) is 59.4 cm³/mol. The van der Waals surface area contributed by atoms with Gasteiger partial charge in [0.15, 0.2) is 0 Å². The van der Waals surface area contributed by atoms with E-state index in [1.165, 1.54) is 0 Å². The Morgan fingerprint density at radius 2 is 2.06 bits per heavy atom. The van der Waals surface area contributed by atoms with Crippen molar-refractivity contribution in [2.24, 2.45) is 22.1 Å². The van der Waals surface area contributed by atoms with E-state index in [0.29, 0.717) is 5.92 Å². The smallest absolute Gasteiger partial charge is 0.118 e. The van der Waals surface area contributed by atoms with Gasteiger partial charge in [0.25, 0.3) is 0 Å². The van der Waals surface area contributed by atoms with Crippen LogP contribution in [0.15, 0.2) is 10.2 Å². The Labute approximate surface area is 94.0 Å². The molecule has 0 bridgehead atoms. The van der Waals surface area contributed by atoms with E-state index < -0.39 is 6.17 Å². The molecule has 0 saturated carbocycles. The summed E-state index contributed by atoms with van der Waals surface area (Å²) in [6.45, 7) is 3.60. The second-order valence-electron chi connectivity index (χ2n) is 4.11. The van der Waals surface area contributed by atoms with Gasteiger partial charge in [-0.1, -0.05) is 17.2 Å². The van der Waals surface area contributed by atoms with Crippen LogP contribution in [0, 0.1) is 11.8 Å². The zero-order valence-electron chi connectivity index (χ0n) is 9.36. The topological polar surface area (TPSA) is 107 Å². The lowest BCUT2D eigenvalue weighted by molar-refractivity contribution is 0.182. The largest absolute Gasteiger partial charge is 0.381 e. The second kappa shape index (κ2) is 6.95. The lowest BCUT2D eigenvalue weighted by atomic mass is 9.95. The zero-order valence-corrected chi connectivity index (χ0v) is 9.36. The monoisotopic (exact) mass is 224 g/mol. The van der Waals surface area contributed by atoms with Crippen molar-refractivity contribution in [3.63, 3.8) is 0 Å². The number of hydrogen-bond acceptors (Lipinski definition) is 3. The van der Waals surface area contributed by atoms with Crippen molar-refractivity contribution in [1.29, 1.82) is 0 Å². The molecule has 7 heteroatoms. The molecule has 0 spiro atoms. The fourth-order valence-corrected chi connectivity index (χ4v) is 1.82. The second-order valence-corrected chi connectivity index (χ2v) is 4.11. The molecule has 1 aliphatic heterocycles. The van der Waals surface area contributed by atoms with Gasteiger partial charge in [0.05, 0.1) is 0 Å². The van der Waals surface area contributed by atoms with Crippen molar-refractivity contribution in [3.8, 4) is 0 Å². The van der Waals surface area contributed by atoms with Gasteiger partial charge in [0.1, 0.15) is 6.17 Å². The maximum Gasteiger partial charge on any atom is 0.118 e. The lowest BCUT2D eigenvalue weighted by Gasteiger charge is -2.16. The van der Waals surface area contributed by atoms with Crippen LogP contribution in [0.5, 0.6) is 0 Å². The fraction of sp³-hybridized carbons (Fsp3) is 1.00. The standard InChI is InChI=1S/C9H16N6O/c1-7(9(12-14-10)13-15-11)2-3-8-4-5-16-6-8/h7-9H,2-6H2,1H3. The van der Waals surface area contributed by atoms with E-state index in [2.05, 4.69) is 20.1 Å². The lowest BCUT2D eigenvalue weighted by Crippen LogP contribution is -2.13. The Balaban J connectivity index is 2.38. The number of nitrogens with zero attached hydrogens (tertiary/aromatic N) is 6. The van der Waals surface area contributed by atoms with E-state index in [0.717, 1.165) is 32.5 Å². The van der Waals surface area contributed by atoms with Crippen LogP contribution in [0.3, 0.4) is 0 Å². The van der Waals surface area contributed by atoms with Crippen molar-refractivity contribution >= 4 is 0 Å². The van der Waals surface area contributed by atoms with E-state index in [4.69, 9.17) is 15.8 Å². The van der Waals surface area contributed by atoms with Gasteiger partial charge in [-0.25, -0.2) is 0 Å². The summed E-state index contributed by atoms with van der Waals surface area (Å²) >= 11 is 0. The molecule has 0 aromatic heterocycles. The van der Waals surface area contributed by atoms with Crippen molar-refractivity contribution < 1.29 is 4.74 Å². The summed E-state index contributed by atoms with van der Waals surface area (Å²) in [5, 5.41) is 6.98. The molecule has 16 heavy (non-hydrogen) atoms. The highest BCUT2D eigenvalue weighted by atomic mass is 16.5. The quantitative estimate of drug-likeness (QED) is 0.384. The molecular weight excluding hydrogens is 208 g/mol. The zero-order chi connectivity index (χ0) is 11.8. The molecule has 1 fully saturated rings. The minimum absolute atomic E-state index is 0.0763. The van der Waals surface area contributed by atoms with Crippen LogP contribution in [-0.2, 0) is 4.74 Å². The van der Waals surface area contributed by atoms with Crippen molar-refractivity contribution in [2.75, 3.05) is 13.2 Å². The molecular formula is C9H16N6O. The van der Waals surface area contributed by atoms with Gasteiger partial charge in [-0.2, -0.15) is 0 Å². The van der Waals surface area contributed by atoms with Crippen molar-refractivity contribution in [2.45, 2.75) is 32.4 Å². The first-order valence-corrected chi connectivity index (χ1v) is 5.44. The molecule has 7 nitrogen and oxygen atoms in total. The molecule has 1 rings (SSSR count). The minimum atomic E-state index is -0.614. The average Bonchev–Trinajstić information content (AvgIpc) is 2.78. The van der Waals surface area contributed by atoms with Crippen LogP contribution >= 0.6 is 0 Å². The average molecular weight is 224 g/mol. The summed E-state index contributed by atoms with van der Waals surface area (Å²) in [7, 11) is 0. The Morgan fingerprint density at radius 1 is 1.38 bits per heavy atom. The minimum Gasteiger partial charge on any atom is -0.381 e. The first kappa shape index (κ1) is 12.6. The Hall–Kier alpha value is -1.42. The summed E-state index contributed by atoms with van der Waals surface area (Å²) in [4.78, 5) is 5.38. The van der Waals surface area contributed by atoms with Gasteiger partial charge in [-0.05, 0) is 42.2 Å². The number of ether oxygens (including phenoxy) is 1. The van der Waals surface area contributed by atoms with Gasteiger partial charge in [0.2, 0.25) is 0 Å². The van der Waals surface area contributed by atoms with E-state index in [1.807, 2.05) is 6.92 Å². The van der Waals surface area contributed by atoms with Crippen LogP contribution in [-0.4, -0.2) is 19.4 Å². The van der Waals surface area contributed by atoms with E-state index in [-0.39, 0.29) is 5.92 Å². The molecule has 1 aliphatic rings. The first-order chi connectivity index (χ1) is 7.77. The number of hydrogen-bond donors (Lipinski definition) is 0. The van der Waals surface area contributed by atoms with E-state index in [1.54, 1.807) is 0 Å². The summed E-state index contributed by atoms with van der Waals surface area (Å²) in [6.07, 6.45) is 2.40. The fourth-order valence-electron chi connectivity index (χ4n) is 1.82. The SMILES string of the molecule is CC(CCC1CCOC1)C(N=[N+]=[N-])N=[N+]=[N-]. The molecule has 88 valence electrons. The molecule has 1 saturated heterocycles. The molecule has 0 aromatic rings. The van der Waals surface area contributed by atoms with Crippen LogP contribution in [0.25, 0.3) is 20.9 Å². The molecule has 2 atom stereocenters. The number of rotatable bonds is 6. The third-order valence-electron chi connectivity index (χ3n) is 2.90. The third-order valence-corrected chi connectivity index (χ3v) is 2.90. The normalized spacial score (nSPS) is 22.9. The van der Waals surface area contributed by atoms with Gasteiger partial charge >= 0.3 is 0 Å². The predicted octanol–water partition coefficient (Wildman–Crippen LogP) is 3.39. The number of azide groups is 1. The molecule has 0 aliphatic carbocycles. The van der Waals surface area contributed by atoms with Gasteiger partial charge in [-0.15, -0.1) is 0 Å². The van der Waals surface area contributed by atoms with E-state index >= 15 is 0 Å². The molecule has 2 unspecified atom stereocenters. The Kier molecular flexibility index (Phi) is 5.50. The van der Waals surface area contributed by atoms with Gasteiger partial charge in [0, 0.05) is 23.0 Å². The Bertz CT molecular complexity index is 283. The maximum absolute atomic E-state index is 8.35. The molecule has 0 aromatic carbocycles. The highest BCUT2D eigenvalue weighted by Gasteiger charge is 2.19. The highest BCUT2D eigenvalue weighted by molar-refractivity contribution is 4.74. The molecule has 0 amide bonds. The van der Waals surface area contributed by atoms with Crippen LogP contribution < -0.4 is 0 Å². The highest BCUT2D eigenvalue weighted by Crippen LogP contribution is 2.23. The molecule has 0 radical (unpaired) electrons. The van der Waals surface area contributed by atoms with Crippen LogP contribution in [0.4, 0.5) is 0 Å². The van der Waals surface area contributed by atoms with Crippen LogP contribution in [0.1, 0.15) is 26.2 Å². The summed E-state index contributed by atoms with van der Waals surface area (Å²) < 4.78 is 5.28. The first-order valence-electron chi connectivity index (χ1n) is 5.44. The van der Waals surface area contributed by atoms with Crippen molar-refractivity contribution in [3.05, 3.63) is 20.9 Å². The van der Waals surface area contributed by atoms with Gasteiger partial charge in [-0.3, -0.25) is 0 Å². The van der Waals surface area contributed by atoms with E-state index in [9.17, 15) is 0 Å². The summed E-state index contributed by atoms with van der Waals surface area (Å²) in [6, 6.07) is 0. The molecule has 0 N–H and O–H groups in total. The van der Waals surface area contributed by atoms with Crippen molar-refractivity contribution in [1.82, 2.24) is 0 Å². The van der Waals surface area contributed by atoms with Crippen LogP contribution in [0.2, 0.25) is 0 Å². The van der Waals surface area contributed by atoms with Gasteiger partial charge < -0.3 is 4.74 Å². The summed E-state index contributed by atoms with van der Waals surface area (Å²) in [5.41, 5.74) is 16.7. The summed E-state index contributed by atoms with van der Waals surface area (Å²) in [5.74, 6) is 0.674.